The largest absolute Gasteiger partial charge is 0.478 e. The zero-order valence-electron chi connectivity index (χ0n) is 13.5. The number of thiophene rings is 1. The molecule has 0 spiro atoms. The fourth-order valence-corrected chi connectivity index (χ4v) is 3.93. The highest BCUT2D eigenvalue weighted by molar-refractivity contribution is 7.22. The third-order valence-corrected chi connectivity index (χ3v) is 5.33. The van der Waals surface area contributed by atoms with Gasteiger partial charge in [0.05, 0.1) is 9.95 Å². The molecule has 0 aliphatic heterocycles. The monoisotopic (exact) mass is 402 g/mol. The molecule has 0 aliphatic carbocycles. The fraction of sp³-hybridized carbons (Fsp3) is 0. The summed E-state index contributed by atoms with van der Waals surface area (Å²) in [5, 5.41) is 23.1. The van der Waals surface area contributed by atoms with E-state index in [1.807, 2.05) is 0 Å². The Kier molecular flexibility index (Phi) is 5.20. The second-order valence-electron chi connectivity index (χ2n) is 5.41. The maximum atomic E-state index is 12.6. The predicted octanol–water partition coefficient (Wildman–Crippen LogP) is 4.81. The first-order valence-electron chi connectivity index (χ1n) is 7.54. The summed E-state index contributed by atoms with van der Waals surface area (Å²) in [6, 6.07) is 11.1. The van der Waals surface area contributed by atoms with Gasteiger partial charge in [-0.2, -0.15) is 0 Å². The lowest BCUT2D eigenvalue weighted by Gasteiger charge is -2.05. The maximum Gasteiger partial charge on any atom is 0.328 e. The van der Waals surface area contributed by atoms with Crippen LogP contribution < -0.4 is 5.32 Å². The Balaban J connectivity index is 1.92. The van der Waals surface area contributed by atoms with Crippen molar-refractivity contribution in [2.45, 2.75) is 0 Å². The number of carboxylic acid groups (broad SMARTS) is 1. The van der Waals surface area contributed by atoms with Gasteiger partial charge in [0.25, 0.3) is 11.6 Å². The van der Waals surface area contributed by atoms with Crippen molar-refractivity contribution in [2.75, 3.05) is 5.32 Å². The molecule has 0 radical (unpaired) electrons. The number of nitrogens with zero attached hydrogens (tertiary/aromatic N) is 1. The van der Waals surface area contributed by atoms with Crippen molar-refractivity contribution in [1.29, 1.82) is 0 Å². The number of nitro groups is 1. The minimum atomic E-state index is -1.08. The van der Waals surface area contributed by atoms with Crippen molar-refractivity contribution >= 4 is 62.4 Å². The van der Waals surface area contributed by atoms with E-state index in [0.717, 1.165) is 17.4 Å². The summed E-state index contributed by atoms with van der Waals surface area (Å²) in [4.78, 5) is 34.0. The third kappa shape index (κ3) is 3.97. The van der Waals surface area contributed by atoms with Crippen LogP contribution in [0.3, 0.4) is 0 Å². The Morgan fingerprint density at radius 2 is 1.96 bits per heavy atom. The standard InChI is InChI=1S/C18H11ClN2O5S/c19-15-12-5-2-6-13(21(25)26)16(12)27-17(15)18(24)20-11-4-1-3-10(9-11)7-8-14(22)23/h1-9H,(H,20,24)(H,22,23)/b8-7+. The molecular weight excluding hydrogens is 392 g/mol. The summed E-state index contributed by atoms with van der Waals surface area (Å²) in [7, 11) is 0. The number of carbonyl (C=O) groups excluding carboxylic acids is 1. The highest BCUT2D eigenvalue weighted by atomic mass is 35.5. The van der Waals surface area contributed by atoms with Gasteiger partial charge < -0.3 is 10.4 Å². The Labute approximate surface area is 161 Å². The number of fused-ring (bicyclic) bond motifs is 1. The average molecular weight is 403 g/mol. The number of anilines is 1. The zero-order chi connectivity index (χ0) is 19.6. The molecule has 2 N–H and O–H groups in total. The molecule has 0 atom stereocenters. The van der Waals surface area contributed by atoms with E-state index >= 15 is 0 Å². The zero-order valence-corrected chi connectivity index (χ0v) is 15.1. The number of non-ortho nitro benzene ring substituents is 1. The van der Waals surface area contributed by atoms with Crippen LogP contribution in [0.1, 0.15) is 15.2 Å². The lowest BCUT2D eigenvalue weighted by molar-refractivity contribution is -0.382. The number of nitro benzene ring substituents is 1. The van der Waals surface area contributed by atoms with Crippen LogP contribution in [-0.4, -0.2) is 21.9 Å². The molecule has 0 aliphatic rings. The molecule has 2 aromatic carbocycles. The summed E-state index contributed by atoms with van der Waals surface area (Å²) in [6.45, 7) is 0. The number of hydrogen-bond donors (Lipinski definition) is 2. The second-order valence-corrected chi connectivity index (χ2v) is 6.81. The molecule has 9 heteroatoms. The summed E-state index contributed by atoms with van der Waals surface area (Å²) in [6.07, 6.45) is 2.39. The highest BCUT2D eigenvalue weighted by Gasteiger charge is 2.22. The second kappa shape index (κ2) is 7.56. The van der Waals surface area contributed by atoms with Gasteiger partial charge in [0.1, 0.15) is 9.58 Å². The quantitative estimate of drug-likeness (QED) is 0.361. The lowest BCUT2D eigenvalue weighted by Crippen LogP contribution is -2.10. The molecular formula is C18H11ClN2O5S. The van der Waals surface area contributed by atoms with Crippen molar-refractivity contribution in [3.8, 4) is 0 Å². The summed E-state index contributed by atoms with van der Waals surface area (Å²) in [5.41, 5.74) is 0.920. The number of aliphatic carboxylic acids is 1. The number of carbonyl (C=O) groups is 2. The average Bonchev–Trinajstić information content (AvgIpc) is 2.97. The van der Waals surface area contributed by atoms with Gasteiger partial charge in [-0.05, 0) is 23.8 Å². The van der Waals surface area contributed by atoms with Gasteiger partial charge in [-0.15, -0.1) is 11.3 Å². The van der Waals surface area contributed by atoms with Crippen LogP contribution in [-0.2, 0) is 4.79 Å². The van der Waals surface area contributed by atoms with Crippen LogP contribution in [0.25, 0.3) is 16.2 Å². The van der Waals surface area contributed by atoms with Crippen molar-refractivity contribution in [3.05, 3.63) is 74.1 Å². The SMILES string of the molecule is O=C(O)/C=C/c1cccc(NC(=O)c2sc3c([N+](=O)[O-])cccc3c2Cl)c1. The highest BCUT2D eigenvalue weighted by Crippen LogP contribution is 2.40. The van der Waals surface area contributed by atoms with Crippen molar-refractivity contribution < 1.29 is 19.6 Å². The first kappa shape index (κ1) is 18.6. The number of carboxylic acids is 1. The summed E-state index contributed by atoms with van der Waals surface area (Å²) in [5.74, 6) is -1.59. The molecule has 3 rings (SSSR count). The number of amides is 1. The number of nitrogens with one attached hydrogen (secondary N) is 1. The molecule has 7 nitrogen and oxygen atoms in total. The number of halogens is 1. The van der Waals surface area contributed by atoms with E-state index in [0.29, 0.717) is 21.3 Å². The number of hydrogen-bond acceptors (Lipinski definition) is 5. The van der Waals surface area contributed by atoms with E-state index in [1.165, 1.54) is 18.2 Å². The van der Waals surface area contributed by atoms with Gasteiger partial charge in [-0.3, -0.25) is 14.9 Å². The van der Waals surface area contributed by atoms with E-state index in [2.05, 4.69) is 5.32 Å². The van der Waals surface area contributed by atoms with Gasteiger partial charge in [-0.1, -0.05) is 35.9 Å². The molecule has 0 bridgehead atoms. The topological polar surface area (TPSA) is 110 Å². The predicted molar refractivity (Wildman–Crippen MR) is 105 cm³/mol. The summed E-state index contributed by atoms with van der Waals surface area (Å²) < 4.78 is 0.329. The van der Waals surface area contributed by atoms with E-state index in [9.17, 15) is 19.7 Å². The van der Waals surface area contributed by atoms with Crippen LogP contribution in [0.5, 0.6) is 0 Å². The van der Waals surface area contributed by atoms with Crippen LogP contribution in [0.15, 0.2) is 48.5 Å². The smallest absolute Gasteiger partial charge is 0.328 e. The first-order valence-corrected chi connectivity index (χ1v) is 8.74. The minimum Gasteiger partial charge on any atom is -0.478 e. The Morgan fingerprint density at radius 1 is 1.22 bits per heavy atom. The molecule has 0 saturated heterocycles. The van der Waals surface area contributed by atoms with E-state index in [4.69, 9.17) is 16.7 Å². The van der Waals surface area contributed by atoms with Gasteiger partial charge in [0, 0.05) is 23.2 Å². The van der Waals surface area contributed by atoms with Crippen LogP contribution in [0.4, 0.5) is 11.4 Å². The van der Waals surface area contributed by atoms with Gasteiger partial charge >= 0.3 is 5.97 Å². The van der Waals surface area contributed by atoms with E-state index in [1.54, 1.807) is 30.3 Å². The van der Waals surface area contributed by atoms with Gasteiger partial charge in [-0.25, -0.2) is 4.79 Å². The maximum absolute atomic E-state index is 12.6. The molecule has 136 valence electrons. The summed E-state index contributed by atoms with van der Waals surface area (Å²) >= 11 is 7.21. The van der Waals surface area contributed by atoms with Crippen LogP contribution in [0, 0.1) is 10.1 Å². The molecule has 3 aromatic rings. The molecule has 1 heterocycles. The van der Waals surface area contributed by atoms with Crippen LogP contribution in [0.2, 0.25) is 5.02 Å². The third-order valence-electron chi connectivity index (χ3n) is 3.60. The molecule has 0 saturated carbocycles. The van der Waals surface area contributed by atoms with Crippen LogP contribution >= 0.6 is 22.9 Å². The van der Waals surface area contributed by atoms with Crippen molar-refractivity contribution in [2.24, 2.45) is 0 Å². The van der Waals surface area contributed by atoms with Crippen molar-refractivity contribution in [1.82, 2.24) is 0 Å². The van der Waals surface area contributed by atoms with Crippen molar-refractivity contribution in [3.63, 3.8) is 0 Å². The van der Waals surface area contributed by atoms with Gasteiger partial charge in [0.2, 0.25) is 0 Å². The molecule has 0 fully saturated rings. The lowest BCUT2D eigenvalue weighted by atomic mass is 10.2. The Hall–Kier alpha value is -3.23. The Morgan fingerprint density at radius 3 is 2.67 bits per heavy atom. The first-order chi connectivity index (χ1) is 12.9. The molecule has 27 heavy (non-hydrogen) atoms. The van der Waals surface area contributed by atoms with Gasteiger partial charge in [0.15, 0.2) is 0 Å². The number of rotatable bonds is 5. The Bertz CT molecular complexity index is 1110. The molecule has 1 amide bonds. The minimum absolute atomic E-state index is 0.112. The molecule has 1 aromatic heterocycles. The van der Waals surface area contributed by atoms with E-state index < -0.39 is 16.8 Å². The fourth-order valence-electron chi connectivity index (χ4n) is 2.44. The van der Waals surface area contributed by atoms with E-state index in [-0.39, 0.29) is 15.6 Å². The molecule has 0 unspecified atom stereocenters. The number of benzene rings is 2. The normalized spacial score (nSPS) is 11.0.